The fourth-order valence-corrected chi connectivity index (χ4v) is 3.94. The number of para-hydroxylation sites is 1. The second-order valence-corrected chi connectivity index (χ2v) is 7.48. The molecule has 1 atom stereocenters. The Kier molecular flexibility index (Phi) is 4.65. The molecule has 0 fully saturated rings. The van der Waals surface area contributed by atoms with Crippen molar-refractivity contribution < 1.29 is 9.90 Å². The topological polar surface area (TPSA) is 104 Å². The maximum Gasteiger partial charge on any atom is 0.167 e. The Labute approximate surface area is 163 Å². The van der Waals surface area contributed by atoms with Crippen LogP contribution in [0.25, 0.3) is 11.3 Å². The van der Waals surface area contributed by atoms with Crippen LogP contribution in [0, 0.1) is 5.41 Å². The van der Waals surface area contributed by atoms with E-state index in [1.807, 2.05) is 43.3 Å². The van der Waals surface area contributed by atoms with E-state index in [4.69, 9.17) is 5.73 Å². The van der Waals surface area contributed by atoms with E-state index in [9.17, 15) is 9.90 Å². The molecule has 28 heavy (non-hydrogen) atoms. The smallest absolute Gasteiger partial charge is 0.167 e. The predicted octanol–water partition coefficient (Wildman–Crippen LogP) is 3.92. The Hall–Kier alpha value is -3.12. The number of pyridine rings is 1. The van der Waals surface area contributed by atoms with E-state index in [1.54, 1.807) is 12.3 Å². The minimum Gasteiger partial charge on any atom is -0.396 e. The van der Waals surface area contributed by atoms with Crippen LogP contribution in [0.3, 0.4) is 0 Å². The first-order valence-corrected chi connectivity index (χ1v) is 9.48. The van der Waals surface area contributed by atoms with Crippen LogP contribution in [-0.4, -0.2) is 27.5 Å². The van der Waals surface area contributed by atoms with Crippen molar-refractivity contribution in [2.45, 2.75) is 26.2 Å². The molecule has 144 valence electrons. The molecule has 1 aliphatic rings. The van der Waals surface area contributed by atoms with Gasteiger partial charge in [-0.2, -0.15) is 0 Å². The number of fused-ring (bicyclic) bond motifs is 1. The molecule has 2 aromatic heterocycles. The van der Waals surface area contributed by atoms with Gasteiger partial charge in [-0.15, -0.1) is 0 Å². The van der Waals surface area contributed by atoms with Gasteiger partial charge >= 0.3 is 0 Å². The average Bonchev–Trinajstić information content (AvgIpc) is 3.07. The van der Waals surface area contributed by atoms with Crippen molar-refractivity contribution in [1.29, 1.82) is 0 Å². The lowest BCUT2D eigenvalue weighted by molar-refractivity contribution is 0.0715. The quantitative estimate of drug-likeness (QED) is 0.540. The van der Waals surface area contributed by atoms with Crippen molar-refractivity contribution in [1.82, 2.24) is 9.97 Å². The van der Waals surface area contributed by atoms with E-state index in [1.165, 1.54) is 0 Å². The first-order chi connectivity index (χ1) is 13.5. The summed E-state index contributed by atoms with van der Waals surface area (Å²) in [5, 5.41) is 13.4. The molecule has 0 radical (unpaired) electrons. The molecular weight excluding hydrogens is 352 g/mol. The highest BCUT2D eigenvalue weighted by Crippen LogP contribution is 2.44. The summed E-state index contributed by atoms with van der Waals surface area (Å²) in [6.45, 7) is 2.01. The molecule has 1 aliphatic carbocycles. The summed E-state index contributed by atoms with van der Waals surface area (Å²) < 4.78 is 0. The van der Waals surface area contributed by atoms with Gasteiger partial charge in [-0.05, 0) is 37.1 Å². The third kappa shape index (κ3) is 3.16. The molecule has 3 aromatic rings. The number of ketones is 1. The number of anilines is 3. The van der Waals surface area contributed by atoms with Crippen LogP contribution in [0.1, 0.15) is 35.8 Å². The van der Waals surface area contributed by atoms with Crippen LogP contribution in [0.4, 0.5) is 17.2 Å². The molecule has 6 nitrogen and oxygen atoms in total. The third-order valence-corrected chi connectivity index (χ3v) is 5.64. The van der Waals surface area contributed by atoms with Gasteiger partial charge in [0, 0.05) is 41.6 Å². The summed E-state index contributed by atoms with van der Waals surface area (Å²) in [5.74, 6) is 0.459. The van der Waals surface area contributed by atoms with Gasteiger partial charge in [-0.3, -0.25) is 4.79 Å². The Morgan fingerprint density at radius 1 is 1.25 bits per heavy atom. The SMILES string of the molecule is CCC1(CO)CC(=O)c2c([nH]c(-c3ccnc(N)c3)c2Nc2ccccc2)C1. The van der Waals surface area contributed by atoms with Gasteiger partial charge in [0.1, 0.15) is 5.82 Å². The Morgan fingerprint density at radius 2 is 2.04 bits per heavy atom. The van der Waals surface area contributed by atoms with Gasteiger partial charge in [-0.25, -0.2) is 4.98 Å². The van der Waals surface area contributed by atoms with Gasteiger partial charge in [0.15, 0.2) is 5.78 Å². The molecule has 4 rings (SSSR count). The molecule has 1 aromatic carbocycles. The van der Waals surface area contributed by atoms with Gasteiger partial charge in [0.25, 0.3) is 0 Å². The number of carbonyl (C=O) groups is 1. The van der Waals surface area contributed by atoms with Crippen LogP contribution in [-0.2, 0) is 6.42 Å². The summed E-state index contributed by atoms with van der Waals surface area (Å²) in [6, 6.07) is 13.4. The van der Waals surface area contributed by atoms with Gasteiger partial charge in [0.05, 0.1) is 16.9 Å². The average molecular weight is 376 g/mol. The number of hydrogen-bond donors (Lipinski definition) is 4. The highest BCUT2D eigenvalue weighted by atomic mass is 16.3. The summed E-state index contributed by atoms with van der Waals surface area (Å²) >= 11 is 0. The number of aliphatic hydroxyl groups excluding tert-OH is 1. The predicted molar refractivity (Wildman–Crippen MR) is 111 cm³/mol. The number of benzene rings is 1. The monoisotopic (exact) mass is 376 g/mol. The van der Waals surface area contributed by atoms with Crippen LogP contribution >= 0.6 is 0 Å². The maximum atomic E-state index is 13.1. The summed E-state index contributed by atoms with van der Waals surface area (Å²) in [7, 11) is 0. The van der Waals surface area contributed by atoms with Crippen LogP contribution in [0.15, 0.2) is 48.7 Å². The number of carbonyl (C=O) groups excluding carboxylic acids is 1. The van der Waals surface area contributed by atoms with Crippen LogP contribution in [0.2, 0.25) is 0 Å². The number of H-pyrrole nitrogens is 1. The summed E-state index contributed by atoms with van der Waals surface area (Å²) in [5.41, 5.74) is 10.3. The van der Waals surface area contributed by atoms with E-state index in [2.05, 4.69) is 15.3 Å². The standard InChI is InChI=1S/C22H24N4O2/c1-2-22(13-27)11-16-19(17(28)12-22)21(25-15-6-4-3-5-7-15)20(26-16)14-8-9-24-18(23)10-14/h3-10,25-27H,2,11-13H2,1H3,(H2,23,24). The molecule has 5 N–H and O–H groups in total. The minimum absolute atomic E-state index is 0.00726. The number of rotatable bonds is 5. The number of hydrogen-bond acceptors (Lipinski definition) is 5. The number of nitrogens with zero attached hydrogens (tertiary/aromatic N) is 1. The molecule has 0 spiro atoms. The first-order valence-electron chi connectivity index (χ1n) is 9.48. The second kappa shape index (κ2) is 7.13. The summed E-state index contributed by atoms with van der Waals surface area (Å²) in [4.78, 5) is 20.6. The lowest BCUT2D eigenvalue weighted by atomic mass is 9.71. The van der Waals surface area contributed by atoms with E-state index in [0.717, 1.165) is 34.7 Å². The Bertz CT molecular complexity index is 1010. The molecule has 1 unspecified atom stereocenters. The second-order valence-electron chi connectivity index (χ2n) is 7.48. The lowest BCUT2D eigenvalue weighted by Crippen LogP contribution is -2.35. The van der Waals surface area contributed by atoms with E-state index < -0.39 is 5.41 Å². The zero-order chi connectivity index (χ0) is 19.7. The van der Waals surface area contributed by atoms with E-state index in [-0.39, 0.29) is 12.4 Å². The zero-order valence-electron chi connectivity index (χ0n) is 15.8. The number of nitrogens with two attached hydrogens (primary N) is 1. The normalized spacial score (nSPS) is 18.7. The van der Waals surface area contributed by atoms with Crippen molar-refractivity contribution >= 4 is 23.0 Å². The molecule has 0 amide bonds. The van der Waals surface area contributed by atoms with Crippen molar-refractivity contribution in [3.8, 4) is 11.3 Å². The van der Waals surface area contributed by atoms with Gasteiger partial charge in [0.2, 0.25) is 0 Å². The number of aromatic amines is 1. The minimum atomic E-state index is -0.409. The molecule has 0 saturated heterocycles. The molecule has 0 saturated carbocycles. The van der Waals surface area contributed by atoms with Crippen molar-refractivity contribution in [2.24, 2.45) is 5.41 Å². The molecule has 0 aliphatic heterocycles. The largest absolute Gasteiger partial charge is 0.396 e. The van der Waals surface area contributed by atoms with Crippen molar-refractivity contribution in [2.75, 3.05) is 17.7 Å². The van der Waals surface area contributed by atoms with Crippen molar-refractivity contribution in [3.63, 3.8) is 0 Å². The molecule has 2 heterocycles. The number of aliphatic hydroxyl groups is 1. The molecule has 6 heteroatoms. The highest BCUT2D eigenvalue weighted by molar-refractivity contribution is 6.07. The number of nitrogens with one attached hydrogen (secondary N) is 2. The lowest BCUT2D eigenvalue weighted by Gasteiger charge is -2.33. The highest BCUT2D eigenvalue weighted by Gasteiger charge is 2.40. The van der Waals surface area contributed by atoms with Crippen LogP contribution < -0.4 is 11.1 Å². The van der Waals surface area contributed by atoms with Crippen molar-refractivity contribution in [3.05, 3.63) is 59.9 Å². The molecule has 0 bridgehead atoms. The first kappa shape index (κ1) is 18.3. The number of Topliss-reactive ketones (excluding diaryl/α,β-unsaturated/α-hetero) is 1. The Morgan fingerprint density at radius 3 is 2.71 bits per heavy atom. The maximum absolute atomic E-state index is 13.1. The van der Waals surface area contributed by atoms with E-state index in [0.29, 0.717) is 24.2 Å². The van der Waals surface area contributed by atoms with Gasteiger partial charge in [-0.1, -0.05) is 25.1 Å². The summed E-state index contributed by atoms with van der Waals surface area (Å²) in [6.07, 6.45) is 3.37. The number of nitrogen functional groups attached to an aromatic ring is 1. The van der Waals surface area contributed by atoms with Gasteiger partial charge < -0.3 is 21.1 Å². The third-order valence-electron chi connectivity index (χ3n) is 5.64. The fourth-order valence-electron chi connectivity index (χ4n) is 3.94. The van der Waals surface area contributed by atoms with Crippen LogP contribution in [0.5, 0.6) is 0 Å². The zero-order valence-corrected chi connectivity index (χ0v) is 15.8. The fraction of sp³-hybridized carbons (Fsp3) is 0.273. The molecular formula is C22H24N4O2. The van der Waals surface area contributed by atoms with E-state index >= 15 is 0 Å². The Balaban J connectivity index is 1.88. The number of aromatic nitrogens is 2.